The molecule has 3 aromatic rings. The maximum absolute atomic E-state index is 12.4. The zero-order valence-electron chi connectivity index (χ0n) is 14.8. The number of para-hydroxylation sites is 1. The Bertz CT molecular complexity index is 866. The molecule has 1 aliphatic rings. The monoisotopic (exact) mass is 348 g/mol. The number of aromatic nitrogens is 2. The third-order valence-corrected chi connectivity index (χ3v) is 5.05. The second-order valence-corrected chi connectivity index (χ2v) is 6.96. The number of benzene rings is 2. The van der Waals surface area contributed by atoms with Crippen molar-refractivity contribution in [3.8, 4) is 0 Å². The number of hydrogen-bond acceptors (Lipinski definition) is 3. The molecule has 0 spiro atoms. The molecule has 5 heteroatoms. The molecule has 1 saturated heterocycles. The molecule has 2 aromatic carbocycles. The first-order chi connectivity index (χ1) is 12.8. The van der Waals surface area contributed by atoms with E-state index in [9.17, 15) is 4.79 Å². The molecule has 0 radical (unpaired) electrons. The van der Waals surface area contributed by atoms with Crippen molar-refractivity contribution in [1.82, 2.24) is 20.0 Å². The first-order valence-electron chi connectivity index (χ1n) is 9.24. The number of amides is 1. The number of hydrogen-bond donors (Lipinski definition) is 1. The topological polar surface area (TPSA) is 50.2 Å². The minimum absolute atomic E-state index is 0.0420. The lowest BCUT2D eigenvalue weighted by atomic mass is 10.0. The van der Waals surface area contributed by atoms with Gasteiger partial charge in [0.1, 0.15) is 6.54 Å². The van der Waals surface area contributed by atoms with Gasteiger partial charge < -0.3 is 5.32 Å². The van der Waals surface area contributed by atoms with Crippen LogP contribution in [0.5, 0.6) is 0 Å². The van der Waals surface area contributed by atoms with Crippen molar-refractivity contribution in [1.29, 1.82) is 0 Å². The van der Waals surface area contributed by atoms with Gasteiger partial charge in [-0.15, -0.1) is 0 Å². The Labute approximate surface area is 153 Å². The van der Waals surface area contributed by atoms with Crippen LogP contribution < -0.4 is 5.32 Å². The number of likely N-dealkylation sites (tertiary alicyclic amines) is 1. The lowest BCUT2D eigenvalue weighted by Crippen LogP contribution is -2.45. The molecule has 0 atom stereocenters. The quantitative estimate of drug-likeness (QED) is 0.771. The van der Waals surface area contributed by atoms with Gasteiger partial charge in [-0.2, -0.15) is 5.10 Å². The molecule has 5 nitrogen and oxygen atoms in total. The minimum atomic E-state index is 0.0420. The second kappa shape index (κ2) is 7.70. The average molecular weight is 348 g/mol. The van der Waals surface area contributed by atoms with Crippen LogP contribution in [0, 0.1) is 0 Å². The van der Waals surface area contributed by atoms with E-state index >= 15 is 0 Å². The highest BCUT2D eigenvalue weighted by molar-refractivity contribution is 5.82. The van der Waals surface area contributed by atoms with Crippen LogP contribution in [-0.2, 0) is 17.9 Å². The van der Waals surface area contributed by atoms with Gasteiger partial charge in [0.05, 0.1) is 11.7 Å². The summed E-state index contributed by atoms with van der Waals surface area (Å²) >= 11 is 0. The summed E-state index contributed by atoms with van der Waals surface area (Å²) in [5.41, 5.74) is 2.35. The molecule has 0 aliphatic carbocycles. The van der Waals surface area contributed by atoms with Crippen LogP contribution in [0.25, 0.3) is 10.9 Å². The van der Waals surface area contributed by atoms with E-state index in [2.05, 4.69) is 39.6 Å². The highest BCUT2D eigenvalue weighted by Gasteiger charge is 2.21. The van der Waals surface area contributed by atoms with E-state index in [1.54, 1.807) is 4.68 Å². The lowest BCUT2D eigenvalue weighted by Gasteiger charge is -2.32. The molecular formula is C21H24N4O. The zero-order valence-corrected chi connectivity index (χ0v) is 14.8. The average Bonchev–Trinajstić information content (AvgIpc) is 3.07. The summed E-state index contributed by atoms with van der Waals surface area (Å²) in [6.07, 6.45) is 3.81. The van der Waals surface area contributed by atoms with E-state index in [4.69, 9.17) is 0 Å². The Kier molecular flexibility index (Phi) is 4.97. The third-order valence-electron chi connectivity index (χ3n) is 5.05. The molecule has 4 rings (SSSR count). The molecule has 1 aliphatic heterocycles. The maximum Gasteiger partial charge on any atom is 0.241 e. The van der Waals surface area contributed by atoms with Crippen LogP contribution in [0.1, 0.15) is 18.4 Å². The lowest BCUT2D eigenvalue weighted by molar-refractivity contribution is -0.122. The van der Waals surface area contributed by atoms with Crippen molar-refractivity contribution in [3.63, 3.8) is 0 Å². The summed E-state index contributed by atoms with van der Waals surface area (Å²) in [4.78, 5) is 14.9. The molecule has 2 heterocycles. The summed E-state index contributed by atoms with van der Waals surface area (Å²) in [6.45, 7) is 3.30. The van der Waals surface area contributed by atoms with Gasteiger partial charge in [-0.1, -0.05) is 48.5 Å². The first-order valence-corrected chi connectivity index (χ1v) is 9.24. The number of carbonyl (C=O) groups excluding carboxylic acids is 1. The summed E-state index contributed by atoms with van der Waals surface area (Å²) in [5, 5.41) is 8.58. The maximum atomic E-state index is 12.4. The molecule has 1 fully saturated rings. The van der Waals surface area contributed by atoms with Crippen LogP contribution in [0.4, 0.5) is 0 Å². The van der Waals surface area contributed by atoms with E-state index < -0.39 is 0 Å². The predicted octanol–water partition coefficient (Wildman–Crippen LogP) is 2.82. The van der Waals surface area contributed by atoms with Gasteiger partial charge in [0.25, 0.3) is 0 Å². The summed E-state index contributed by atoms with van der Waals surface area (Å²) in [5.74, 6) is 0.0420. The van der Waals surface area contributed by atoms with Crippen molar-refractivity contribution in [3.05, 3.63) is 66.4 Å². The number of carbonyl (C=O) groups is 1. The van der Waals surface area contributed by atoms with Crippen molar-refractivity contribution < 1.29 is 4.79 Å². The fourth-order valence-electron chi connectivity index (χ4n) is 3.64. The molecule has 134 valence electrons. The highest BCUT2D eigenvalue weighted by atomic mass is 16.2. The Hall–Kier alpha value is -2.66. The van der Waals surface area contributed by atoms with Crippen LogP contribution in [0.2, 0.25) is 0 Å². The number of piperidine rings is 1. The van der Waals surface area contributed by atoms with Gasteiger partial charge in [0.2, 0.25) is 5.91 Å². The molecular weight excluding hydrogens is 324 g/mol. The van der Waals surface area contributed by atoms with Gasteiger partial charge >= 0.3 is 0 Å². The molecule has 26 heavy (non-hydrogen) atoms. The zero-order chi connectivity index (χ0) is 17.8. The Morgan fingerprint density at radius 1 is 1.04 bits per heavy atom. The van der Waals surface area contributed by atoms with E-state index in [1.165, 1.54) is 5.56 Å². The van der Waals surface area contributed by atoms with Crippen LogP contribution in [0.3, 0.4) is 0 Å². The standard InChI is InChI=1S/C21H24N4O/c26-21(16-25-20-9-5-4-8-18(20)14-22-25)23-19-10-12-24(13-11-19)15-17-6-2-1-3-7-17/h1-9,14,19H,10-13,15-16H2,(H,23,26). The number of fused-ring (bicyclic) bond motifs is 1. The van der Waals surface area contributed by atoms with Crippen molar-refractivity contribution >= 4 is 16.8 Å². The van der Waals surface area contributed by atoms with Crippen LogP contribution >= 0.6 is 0 Å². The van der Waals surface area contributed by atoms with Gasteiger partial charge in [-0.25, -0.2) is 0 Å². The fourth-order valence-corrected chi connectivity index (χ4v) is 3.64. The normalized spacial score (nSPS) is 16.0. The summed E-state index contributed by atoms with van der Waals surface area (Å²) in [7, 11) is 0. The second-order valence-electron chi connectivity index (χ2n) is 6.96. The molecule has 1 N–H and O–H groups in total. The van der Waals surface area contributed by atoms with Gasteiger partial charge in [0.15, 0.2) is 0 Å². The highest BCUT2D eigenvalue weighted by Crippen LogP contribution is 2.15. The molecule has 0 bridgehead atoms. The smallest absolute Gasteiger partial charge is 0.241 e. The van der Waals surface area contributed by atoms with Crippen molar-refractivity contribution in [2.45, 2.75) is 32.0 Å². The Morgan fingerprint density at radius 3 is 2.58 bits per heavy atom. The first kappa shape index (κ1) is 16.8. The third kappa shape index (κ3) is 3.94. The van der Waals surface area contributed by atoms with Gasteiger partial charge in [0, 0.05) is 31.1 Å². The number of rotatable bonds is 5. The molecule has 0 unspecified atom stereocenters. The SMILES string of the molecule is O=C(Cn1ncc2ccccc21)NC1CCN(Cc2ccccc2)CC1. The largest absolute Gasteiger partial charge is 0.352 e. The predicted molar refractivity (Wildman–Crippen MR) is 103 cm³/mol. The number of nitrogens with zero attached hydrogens (tertiary/aromatic N) is 3. The van der Waals surface area contributed by atoms with Crippen molar-refractivity contribution in [2.24, 2.45) is 0 Å². The summed E-state index contributed by atoms with van der Waals surface area (Å²) < 4.78 is 1.77. The van der Waals surface area contributed by atoms with Crippen LogP contribution in [0.15, 0.2) is 60.8 Å². The Morgan fingerprint density at radius 2 is 1.77 bits per heavy atom. The van der Waals surface area contributed by atoms with Crippen LogP contribution in [-0.4, -0.2) is 39.7 Å². The van der Waals surface area contributed by atoms with E-state index in [-0.39, 0.29) is 18.5 Å². The van der Waals surface area contributed by atoms with E-state index in [0.717, 1.165) is 43.4 Å². The summed E-state index contributed by atoms with van der Waals surface area (Å²) in [6, 6.07) is 18.8. The van der Waals surface area contributed by atoms with Crippen molar-refractivity contribution in [2.75, 3.05) is 13.1 Å². The number of nitrogens with one attached hydrogen (secondary N) is 1. The minimum Gasteiger partial charge on any atom is -0.352 e. The van der Waals surface area contributed by atoms with E-state index in [0.29, 0.717) is 0 Å². The fraction of sp³-hybridized carbons (Fsp3) is 0.333. The Balaban J connectivity index is 1.27. The van der Waals surface area contributed by atoms with Gasteiger partial charge in [-0.05, 0) is 24.5 Å². The molecule has 1 aromatic heterocycles. The molecule has 0 saturated carbocycles. The molecule has 1 amide bonds. The van der Waals surface area contributed by atoms with Gasteiger partial charge in [-0.3, -0.25) is 14.4 Å². The van der Waals surface area contributed by atoms with E-state index in [1.807, 2.05) is 36.5 Å².